The number of hydrogen-bond acceptors (Lipinski definition) is 6. The van der Waals surface area contributed by atoms with Gasteiger partial charge in [0, 0.05) is 25.4 Å². The summed E-state index contributed by atoms with van der Waals surface area (Å²) < 4.78 is 4.78. The molecule has 2 N–H and O–H groups in total. The van der Waals surface area contributed by atoms with Crippen molar-refractivity contribution in [3.05, 3.63) is 27.9 Å². The maximum Gasteiger partial charge on any atom is 0.314 e. The van der Waals surface area contributed by atoms with Gasteiger partial charge in [-0.2, -0.15) is 0 Å². The van der Waals surface area contributed by atoms with Gasteiger partial charge in [0.1, 0.15) is 0 Å². The zero-order valence-electron chi connectivity index (χ0n) is 10.8. The van der Waals surface area contributed by atoms with E-state index in [1.165, 1.54) is 13.3 Å². The van der Waals surface area contributed by atoms with Crippen molar-refractivity contribution in [3.63, 3.8) is 0 Å². The van der Waals surface area contributed by atoms with Crippen molar-refractivity contribution in [2.45, 2.75) is 6.92 Å². The van der Waals surface area contributed by atoms with Crippen LogP contribution in [0.4, 0.5) is 11.5 Å². The molecule has 0 aliphatic rings. The van der Waals surface area contributed by atoms with Crippen molar-refractivity contribution >= 4 is 17.4 Å². The van der Waals surface area contributed by atoms with Gasteiger partial charge in [0.15, 0.2) is 0 Å². The van der Waals surface area contributed by atoms with Crippen molar-refractivity contribution in [1.82, 2.24) is 10.3 Å². The lowest BCUT2D eigenvalue weighted by molar-refractivity contribution is -0.384. The Morgan fingerprint density at radius 3 is 2.95 bits per heavy atom. The van der Waals surface area contributed by atoms with Crippen LogP contribution in [0.15, 0.2) is 12.3 Å². The second-order valence-corrected chi connectivity index (χ2v) is 3.78. The minimum Gasteiger partial charge on any atom is -0.383 e. The minimum absolute atomic E-state index is 0.0823. The van der Waals surface area contributed by atoms with Gasteiger partial charge in [-0.3, -0.25) is 14.9 Å². The summed E-state index contributed by atoms with van der Waals surface area (Å²) in [5, 5.41) is 16.2. The summed E-state index contributed by atoms with van der Waals surface area (Å²) in [6.45, 7) is 2.33. The summed E-state index contributed by atoms with van der Waals surface area (Å²) in [5.74, 6) is -0.193. The Balaban J connectivity index is 2.60. The highest BCUT2D eigenvalue weighted by atomic mass is 16.6. The highest BCUT2D eigenvalue weighted by molar-refractivity contribution is 5.81. The number of carbonyl (C=O) groups is 1. The number of nitro groups is 1. The van der Waals surface area contributed by atoms with E-state index in [-0.39, 0.29) is 24.0 Å². The molecule has 19 heavy (non-hydrogen) atoms. The molecule has 0 atom stereocenters. The van der Waals surface area contributed by atoms with Gasteiger partial charge in [0.05, 0.1) is 18.1 Å². The van der Waals surface area contributed by atoms with Crippen LogP contribution in [0.3, 0.4) is 0 Å². The Labute approximate surface area is 110 Å². The molecule has 1 aromatic heterocycles. The Bertz CT molecular complexity index is 464. The van der Waals surface area contributed by atoms with Crippen LogP contribution in [0.5, 0.6) is 0 Å². The van der Waals surface area contributed by atoms with Crippen LogP contribution < -0.4 is 10.6 Å². The monoisotopic (exact) mass is 268 g/mol. The van der Waals surface area contributed by atoms with Crippen molar-refractivity contribution in [1.29, 1.82) is 0 Å². The Kier molecular flexibility index (Phi) is 5.68. The number of aromatic nitrogens is 1. The number of methoxy groups -OCH3 is 1. The first-order valence-corrected chi connectivity index (χ1v) is 5.65. The third kappa shape index (κ3) is 4.51. The van der Waals surface area contributed by atoms with Gasteiger partial charge < -0.3 is 15.4 Å². The standard InChI is InChI=1S/C11H16N4O4/c1-8-3-4-13-11(10(8)15(17)18)14-7-9(16)12-5-6-19-2/h3-4H,5-7H2,1-2H3,(H,12,16)(H,13,14). The van der Waals surface area contributed by atoms with Gasteiger partial charge in [-0.1, -0.05) is 0 Å². The molecule has 8 nitrogen and oxygen atoms in total. The molecule has 0 aromatic carbocycles. The van der Waals surface area contributed by atoms with Crippen LogP contribution >= 0.6 is 0 Å². The van der Waals surface area contributed by atoms with Crippen molar-refractivity contribution < 1.29 is 14.5 Å². The lowest BCUT2D eigenvalue weighted by Crippen LogP contribution is -2.32. The molecule has 1 heterocycles. The lowest BCUT2D eigenvalue weighted by atomic mass is 10.2. The molecule has 0 saturated carbocycles. The van der Waals surface area contributed by atoms with Crippen LogP contribution in [0.25, 0.3) is 0 Å². The molecule has 0 fully saturated rings. The number of nitrogens with zero attached hydrogens (tertiary/aromatic N) is 2. The van der Waals surface area contributed by atoms with Crippen molar-refractivity contribution in [2.24, 2.45) is 0 Å². The molecule has 8 heteroatoms. The van der Waals surface area contributed by atoms with Crippen LogP contribution in [0.1, 0.15) is 5.56 Å². The quantitative estimate of drug-likeness (QED) is 0.423. The van der Waals surface area contributed by atoms with E-state index in [1.54, 1.807) is 13.0 Å². The maximum absolute atomic E-state index is 11.4. The summed E-state index contributed by atoms with van der Waals surface area (Å²) in [4.78, 5) is 25.7. The first-order chi connectivity index (χ1) is 9.06. The van der Waals surface area contributed by atoms with E-state index in [0.29, 0.717) is 18.7 Å². The van der Waals surface area contributed by atoms with Crippen LogP contribution in [0.2, 0.25) is 0 Å². The van der Waals surface area contributed by atoms with Gasteiger partial charge in [-0.25, -0.2) is 4.98 Å². The van der Waals surface area contributed by atoms with Crippen molar-refractivity contribution in [3.8, 4) is 0 Å². The first-order valence-electron chi connectivity index (χ1n) is 5.65. The fourth-order valence-electron chi connectivity index (χ4n) is 1.43. The largest absolute Gasteiger partial charge is 0.383 e. The number of amides is 1. The predicted molar refractivity (Wildman–Crippen MR) is 69.0 cm³/mol. The van der Waals surface area contributed by atoms with E-state index in [4.69, 9.17) is 4.74 Å². The number of nitrogens with one attached hydrogen (secondary N) is 2. The third-order valence-corrected chi connectivity index (χ3v) is 2.35. The van der Waals surface area contributed by atoms with Gasteiger partial charge in [0.25, 0.3) is 0 Å². The van der Waals surface area contributed by atoms with E-state index >= 15 is 0 Å². The molecule has 0 saturated heterocycles. The number of rotatable bonds is 7. The van der Waals surface area contributed by atoms with Crippen LogP contribution in [-0.4, -0.2) is 42.6 Å². The molecule has 0 aliphatic heterocycles. The molecule has 0 bridgehead atoms. The van der Waals surface area contributed by atoms with Gasteiger partial charge in [0.2, 0.25) is 11.7 Å². The average molecular weight is 268 g/mol. The molecule has 0 unspecified atom stereocenters. The number of pyridine rings is 1. The Hall–Kier alpha value is -2.22. The highest BCUT2D eigenvalue weighted by Gasteiger charge is 2.18. The molecular formula is C11H16N4O4. The molecule has 1 aromatic rings. The Morgan fingerprint density at radius 1 is 1.58 bits per heavy atom. The summed E-state index contributed by atoms with van der Waals surface area (Å²) in [5.41, 5.74) is 0.370. The fourth-order valence-corrected chi connectivity index (χ4v) is 1.43. The second kappa shape index (κ2) is 7.27. The zero-order chi connectivity index (χ0) is 14.3. The second-order valence-electron chi connectivity index (χ2n) is 3.78. The van der Waals surface area contributed by atoms with E-state index < -0.39 is 4.92 Å². The normalized spacial score (nSPS) is 10.0. The van der Waals surface area contributed by atoms with Crippen LogP contribution in [-0.2, 0) is 9.53 Å². The number of anilines is 1. The van der Waals surface area contributed by atoms with E-state index in [1.807, 2.05) is 0 Å². The van der Waals surface area contributed by atoms with E-state index in [9.17, 15) is 14.9 Å². The summed E-state index contributed by atoms with van der Waals surface area (Å²) in [7, 11) is 1.53. The molecule has 0 aliphatic carbocycles. The van der Waals surface area contributed by atoms with Gasteiger partial charge in [-0.05, 0) is 13.0 Å². The molecule has 1 amide bonds. The smallest absolute Gasteiger partial charge is 0.314 e. The molecule has 0 radical (unpaired) electrons. The molecule has 104 valence electrons. The molecular weight excluding hydrogens is 252 g/mol. The average Bonchev–Trinajstić information content (AvgIpc) is 2.36. The van der Waals surface area contributed by atoms with E-state index in [0.717, 1.165) is 0 Å². The topological polar surface area (TPSA) is 106 Å². The number of aryl methyl sites for hydroxylation is 1. The molecule has 1 rings (SSSR count). The highest BCUT2D eigenvalue weighted by Crippen LogP contribution is 2.24. The van der Waals surface area contributed by atoms with Crippen LogP contribution in [0, 0.1) is 17.0 Å². The summed E-state index contributed by atoms with van der Waals surface area (Å²) >= 11 is 0. The first kappa shape index (κ1) is 14.8. The van der Waals surface area contributed by atoms with E-state index in [2.05, 4.69) is 15.6 Å². The fraction of sp³-hybridized carbons (Fsp3) is 0.455. The number of carbonyl (C=O) groups excluding carboxylic acids is 1. The Morgan fingerprint density at radius 2 is 2.32 bits per heavy atom. The van der Waals surface area contributed by atoms with Gasteiger partial charge in [-0.15, -0.1) is 0 Å². The SMILES string of the molecule is COCCNC(=O)CNc1nccc(C)c1[N+](=O)[O-]. The van der Waals surface area contributed by atoms with Crippen molar-refractivity contribution in [2.75, 3.05) is 32.1 Å². The minimum atomic E-state index is -0.520. The summed E-state index contributed by atoms with van der Waals surface area (Å²) in [6, 6.07) is 1.54. The lowest BCUT2D eigenvalue weighted by Gasteiger charge is -2.08. The maximum atomic E-state index is 11.4. The summed E-state index contributed by atoms with van der Waals surface area (Å²) in [6.07, 6.45) is 1.45. The zero-order valence-corrected chi connectivity index (χ0v) is 10.8. The number of hydrogen-bond donors (Lipinski definition) is 2. The third-order valence-electron chi connectivity index (χ3n) is 2.35. The van der Waals surface area contributed by atoms with Gasteiger partial charge >= 0.3 is 5.69 Å². The predicted octanol–water partition coefficient (Wildman–Crippen LogP) is 0.473. The molecule has 0 spiro atoms. The number of ether oxygens (including phenoxy) is 1.